The topological polar surface area (TPSA) is 71.6 Å². The number of nitriles is 1. The fourth-order valence-electron chi connectivity index (χ4n) is 3.45. The van der Waals surface area contributed by atoms with Gasteiger partial charge in [-0.05, 0) is 31.0 Å². The molecule has 0 radical (unpaired) electrons. The number of carbonyl (C=O) groups excluding carboxylic acids is 1. The van der Waals surface area contributed by atoms with Gasteiger partial charge in [-0.15, -0.1) is 0 Å². The van der Waals surface area contributed by atoms with E-state index in [2.05, 4.69) is 10.1 Å². The summed E-state index contributed by atoms with van der Waals surface area (Å²) < 4.78 is 81.2. The number of pyridine rings is 1. The number of carbonyl (C=O) groups is 1. The number of Topliss-reactive ketones (excluding diaryl/α,β-unsaturated/α-hetero) is 1. The summed E-state index contributed by atoms with van der Waals surface area (Å²) in [7, 11) is 0. The molecular formula is C22H14F6N4O. The molecule has 0 saturated heterocycles. The van der Waals surface area contributed by atoms with Gasteiger partial charge in [0.15, 0.2) is 11.6 Å². The second-order valence-electron chi connectivity index (χ2n) is 7.57. The first-order valence-electron chi connectivity index (χ1n) is 9.75. The highest BCUT2D eigenvalue weighted by Crippen LogP contribution is 2.43. The molecule has 33 heavy (non-hydrogen) atoms. The van der Waals surface area contributed by atoms with E-state index in [1.807, 2.05) is 0 Å². The zero-order valence-electron chi connectivity index (χ0n) is 16.7. The summed E-state index contributed by atoms with van der Waals surface area (Å²) >= 11 is 0. The fourth-order valence-corrected chi connectivity index (χ4v) is 3.45. The standard InChI is InChI=1S/C22H14F6N4O/c23-21(24,25)16-4-2-1-3-14(16)19(33)9-13-7-8-32(31-13)20-15(11-29)17(22(26,27)28)10-18(30-20)12-5-6-12/h1-4,7-8,10,12H,5-6,9H2. The van der Waals surface area contributed by atoms with Crippen LogP contribution in [-0.2, 0) is 18.8 Å². The first-order valence-corrected chi connectivity index (χ1v) is 9.75. The van der Waals surface area contributed by atoms with Crippen LogP contribution in [0.4, 0.5) is 26.3 Å². The molecule has 0 aliphatic heterocycles. The van der Waals surface area contributed by atoms with Gasteiger partial charge in [0.2, 0.25) is 0 Å². The number of benzene rings is 1. The van der Waals surface area contributed by atoms with E-state index in [-0.39, 0.29) is 23.1 Å². The van der Waals surface area contributed by atoms with Crippen LogP contribution >= 0.6 is 0 Å². The van der Waals surface area contributed by atoms with Crippen molar-refractivity contribution < 1.29 is 31.1 Å². The third kappa shape index (κ3) is 4.60. The van der Waals surface area contributed by atoms with Gasteiger partial charge in [-0.3, -0.25) is 4.79 Å². The van der Waals surface area contributed by atoms with Crippen LogP contribution in [0, 0.1) is 11.3 Å². The van der Waals surface area contributed by atoms with Gasteiger partial charge in [0.05, 0.1) is 23.2 Å². The zero-order valence-corrected chi connectivity index (χ0v) is 16.7. The average Bonchev–Trinajstić information content (AvgIpc) is 3.50. The molecule has 2 heterocycles. The fraction of sp³-hybridized carbons (Fsp3) is 0.273. The van der Waals surface area contributed by atoms with Crippen molar-refractivity contribution in [1.29, 1.82) is 5.26 Å². The average molecular weight is 464 g/mol. The molecule has 1 aromatic carbocycles. The van der Waals surface area contributed by atoms with Crippen LogP contribution in [0.5, 0.6) is 0 Å². The summed E-state index contributed by atoms with van der Waals surface area (Å²) in [5.41, 5.74) is -3.28. The van der Waals surface area contributed by atoms with Gasteiger partial charge in [0, 0.05) is 23.4 Å². The van der Waals surface area contributed by atoms with Crippen LogP contribution in [0.25, 0.3) is 5.82 Å². The maximum absolute atomic E-state index is 13.5. The third-order valence-electron chi connectivity index (χ3n) is 5.17. The number of nitrogens with zero attached hydrogens (tertiary/aromatic N) is 4. The van der Waals surface area contributed by atoms with Gasteiger partial charge in [-0.25, -0.2) is 9.67 Å². The third-order valence-corrected chi connectivity index (χ3v) is 5.17. The molecule has 0 spiro atoms. The molecule has 170 valence electrons. The van der Waals surface area contributed by atoms with Crippen molar-refractivity contribution in [3.63, 3.8) is 0 Å². The minimum Gasteiger partial charge on any atom is -0.294 e. The molecule has 5 nitrogen and oxygen atoms in total. The number of ketones is 1. The summed E-state index contributed by atoms with van der Waals surface area (Å²) in [6, 6.07) is 7.96. The van der Waals surface area contributed by atoms with Crippen molar-refractivity contribution in [3.8, 4) is 11.9 Å². The summed E-state index contributed by atoms with van der Waals surface area (Å²) in [6.45, 7) is 0. The smallest absolute Gasteiger partial charge is 0.294 e. The highest BCUT2D eigenvalue weighted by molar-refractivity contribution is 5.98. The minimum atomic E-state index is -4.79. The van der Waals surface area contributed by atoms with E-state index in [0.29, 0.717) is 12.8 Å². The predicted molar refractivity (Wildman–Crippen MR) is 103 cm³/mol. The highest BCUT2D eigenvalue weighted by Gasteiger charge is 2.38. The number of hydrogen-bond donors (Lipinski definition) is 0. The predicted octanol–water partition coefficient (Wildman–Crippen LogP) is 5.48. The Hall–Kier alpha value is -3.68. The number of halogens is 6. The molecular weight excluding hydrogens is 450 g/mol. The van der Waals surface area contributed by atoms with Gasteiger partial charge in [-0.2, -0.15) is 36.7 Å². The van der Waals surface area contributed by atoms with E-state index < -0.39 is 46.8 Å². The molecule has 0 unspecified atom stereocenters. The summed E-state index contributed by atoms with van der Waals surface area (Å²) in [6.07, 6.45) is -7.47. The van der Waals surface area contributed by atoms with Crippen molar-refractivity contribution in [1.82, 2.24) is 14.8 Å². The Morgan fingerprint density at radius 2 is 1.73 bits per heavy atom. The van der Waals surface area contributed by atoms with Crippen molar-refractivity contribution in [2.45, 2.75) is 37.5 Å². The lowest BCUT2D eigenvalue weighted by molar-refractivity contribution is -0.138. The van der Waals surface area contributed by atoms with Crippen molar-refractivity contribution >= 4 is 5.78 Å². The number of hydrogen-bond acceptors (Lipinski definition) is 4. The quantitative estimate of drug-likeness (QED) is 0.370. The largest absolute Gasteiger partial charge is 0.417 e. The molecule has 1 aliphatic carbocycles. The lowest BCUT2D eigenvalue weighted by Crippen LogP contribution is -2.15. The molecule has 0 amide bonds. The molecule has 4 rings (SSSR count). The Balaban J connectivity index is 1.70. The number of alkyl halides is 6. The molecule has 1 aliphatic rings. The van der Waals surface area contributed by atoms with Gasteiger partial charge in [0.25, 0.3) is 0 Å². The molecule has 0 atom stereocenters. The summed E-state index contributed by atoms with van der Waals surface area (Å²) in [5.74, 6) is -1.35. The zero-order chi connectivity index (χ0) is 24.0. The Labute approximate surface area is 183 Å². The van der Waals surface area contributed by atoms with Gasteiger partial charge < -0.3 is 0 Å². The SMILES string of the molecule is N#Cc1c(C(F)(F)F)cc(C2CC2)nc1-n1ccc(CC(=O)c2ccccc2C(F)(F)F)n1. The lowest BCUT2D eigenvalue weighted by atomic mass is 10.0. The van der Waals surface area contributed by atoms with E-state index in [1.165, 1.54) is 24.4 Å². The van der Waals surface area contributed by atoms with Crippen molar-refractivity contribution in [2.24, 2.45) is 0 Å². The Morgan fingerprint density at radius 1 is 1.06 bits per heavy atom. The maximum Gasteiger partial charge on any atom is 0.417 e. The first-order chi connectivity index (χ1) is 15.5. The number of aromatic nitrogens is 3. The van der Waals surface area contributed by atoms with Gasteiger partial charge >= 0.3 is 12.4 Å². The Kier molecular flexibility index (Phi) is 5.47. The van der Waals surface area contributed by atoms with Crippen LogP contribution < -0.4 is 0 Å². The molecule has 1 fully saturated rings. The first kappa shape index (κ1) is 22.5. The Bertz CT molecular complexity index is 1270. The summed E-state index contributed by atoms with van der Waals surface area (Å²) in [4.78, 5) is 16.7. The van der Waals surface area contributed by atoms with Gasteiger partial charge in [0.1, 0.15) is 11.6 Å². The second kappa shape index (κ2) is 8.03. The van der Waals surface area contributed by atoms with Gasteiger partial charge in [-0.1, -0.05) is 18.2 Å². The minimum absolute atomic E-state index is 0.0213. The lowest BCUT2D eigenvalue weighted by Gasteiger charge is -2.14. The van der Waals surface area contributed by atoms with Crippen LogP contribution in [0.3, 0.4) is 0 Å². The maximum atomic E-state index is 13.5. The second-order valence-corrected chi connectivity index (χ2v) is 7.57. The highest BCUT2D eigenvalue weighted by atomic mass is 19.4. The van der Waals surface area contributed by atoms with Crippen LogP contribution in [0.1, 0.15) is 57.2 Å². The van der Waals surface area contributed by atoms with Crippen molar-refractivity contribution in [3.05, 3.63) is 76.2 Å². The van der Waals surface area contributed by atoms with Crippen molar-refractivity contribution in [2.75, 3.05) is 0 Å². The van der Waals surface area contributed by atoms with E-state index in [4.69, 9.17) is 0 Å². The molecule has 2 aromatic heterocycles. The summed E-state index contributed by atoms with van der Waals surface area (Å²) in [5, 5.41) is 13.4. The van der Waals surface area contributed by atoms with E-state index in [1.54, 1.807) is 0 Å². The van der Waals surface area contributed by atoms with Crippen LogP contribution in [-0.4, -0.2) is 20.5 Å². The van der Waals surface area contributed by atoms with E-state index in [9.17, 15) is 36.4 Å². The normalized spacial score (nSPS) is 14.2. The number of rotatable bonds is 5. The van der Waals surface area contributed by atoms with E-state index >= 15 is 0 Å². The Morgan fingerprint density at radius 3 is 2.33 bits per heavy atom. The van der Waals surface area contributed by atoms with E-state index in [0.717, 1.165) is 28.9 Å². The van der Waals surface area contributed by atoms with Crippen LogP contribution in [0.15, 0.2) is 42.6 Å². The molecule has 11 heteroatoms. The van der Waals surface area contributed by atoms with Crippen LogP contribution in [0.2, 0.25) is 0 Å². The molecule has 1 saturated carbocycles. The molecule has 0 bridgehead atoms. The monoisotopic (exact) mass is 464 g/mol. The molecule has 0 N–H and O–H groups in total. The molecule has 3 aromatic rings.